The summed E-state index contributed by atoms with van der Waals surface area (Å²) >= 11 is 0. The second-order valence-corrected chi connectivity index (χ2v) is 2.53. The number of carboxylic acids is 1. The number of aliphatic carboxylic acids is 1. The zero-order valence-corrected chi connectivity index (χ0v) is 7.17. The second-order valence-electron chi connectivity index (χ2n) is 2.53. The largest absolute Gasteiger partial charge is 0.480 e. The molecule has 0 saturated heterocycles. The Labute approximate surface area is 81.2 Å². The number of amides is 2. The van der Waals surface area contributed by atoms with E-state index in [2.05, 4.69) is 5.73 Å². The van der Waals surface area contributed by atoms with E-state index in [0.717, 1.165) is 5.32 Å². The summed E-state index contributed by atoms with van der Waals surface area (Å²) in [5, 5.41) is 9.47. The lowest BCUT2D eigenvalue weighted by Crippen LogP contribution is -2.48. The molecule has 0 aliphatic rings. The van der Waals surface area contributed by atoms with Gasteiger partial charge in [-0.3, -0.25) is 9.59 Å². The van der Waals surface area contributed by atoms with Crippen molar-refractivity contribution < 1.29 is 32.7 Å². The smallest absolute Gasteiger partial charge is 0.471 e. The van der Waals surface area contributed by atoms with E-state index in [1.807, 2.05) is 0 Å². The standard InChI is InChI=1S/C6H7F3N2O4/c7-6(8,9)5(15)11-2(4(13)14)1-3(10)12/h2H,1H2,(H2,10,12)(H,11,15)(H,13,14). The molecule has 4 N–H and O–H groups in total. The van der Waals surface area contributed by atoms with E-state index in [4.69, 9.17) is 5.11 Å². The Bertz CT molecular complexity index is 289. The Kier molecular flexibility index (Phi) is 4.07. The summed E-state index contributed by atoms with van der Waals surface area (Å²) in [4.78, 5) is 30.9. The van der Waals surface area contributed by atoms with Gasteiger partial charge in [-0.15, -0.1) is 0 Å². The molecule has 0 bridgehead atoms. The number of hydrogen-bond donors (Lipinski definition) is 3. The normalized spacial score (nSPS) is 13.0. The average Bonchev–Trinajstić information content (AvgIpc) is 1.99. The number of alkyl halides is 3. The molecule has 0 aromatic carbocycles. The van der Waals surface area contributed by atoms with Gasteiger partial charge >= 0.3 is 18.1 Å². The number of carbonyl (C=O) groups is 3. The average molecular weight is 228 g/mol. The molecule has 6 nitrogen and oxygen atoms in total. The first-order valence-electron chi connectivity index (χ1n) is 3.53. The van der Waals surface area contributed by atoms with Crippen molar-refractivity contribution in [2.75, 3.05) is 0 Å². The van der Waals surface area contributed by atoms with Crippen LogP contribution in [0.1, 0.15) is 6.42 Å². The zero-order chi connectivity index (χ0) is 12.2. The van der Waals surface area contributed by atoms with E-state index in [-0.39, 0.29) is 0 Å². The molecule has 0 aliphatic carbocycles. The number of primary amides is 1. The molecule has 1 unspecified atom stereocenters. The number of nitrogens with two attached hydrogens (primary N) is 1. The van der Waals surface area contributed by atoms with Gasteiger partial charge in [-0.1, -0.05) is 0 Å². The van der Waals surface area contributed by atoms with Crippen LogP contribution in [0.15, 0.2) is 0 Å². The lowest BCUT2D eigenvalue weighted by atomic mass is 10.2. The van der Waals surface area contributed by atoms with Crippen molar-refractivity contribution in [3.05, 3.63) is 0 Å². The van der Waals surface area contributed by atoms with Crippen LogP contribution in [0.5, 0.6) is 0 Å². The topological polar surface area (TPSA) is 109 Å². The number of hydrogen-bond acceptors (Lipinski definition) is 3. The highest BCUT2D eigenvalue weighted by atomic mass is 19.4. The Balaban J connectivity index is 4.50. The van der Waals surface area contributed by atoms with Crippen molar-refractivity contribution in [3.63, 3.8) is 0 Å². The molecule has 86 valence electrons. The minimum atomic E-state index is -5.20. The molecule has 0 rings (SSSR count). The molecular formula is C6H7F3N2O4. The van der Waals surface area contributed by atoms with Crippen LogP contribution in [-0.4, -0.2) is 35.1 Å². The molecular weight excluding hydrogens is 221 g/mol. The number of carboxylic acid groups (broad SMARTS) is 1. The quantitative estimate of drug-likeness (QED) is 0.572. The molecule has 0 aliphatic heterocycles. The van der Waals surface area contributed by atoms with Crippen molar-refractivity contribution in [2.45, 2.75) is 18.6 Å². The number of halogens is 3. The predicted molar refractivity (Wildman–Crippen MR) is 39.4 cm³/mol. The molecule has 0 radical (unpaired) electrons. The first-order valence-corrected chi connectivity index (χ1v) is 3.53. The third-order valence-corrected chi connectivity index (χ3v) is 1.27. The van der Waals surface area contributed by atoms with E-state index < -0.39 is 36.4 Å². The van der Waals surface area contributed by atoms with E-state index in [0.29, 0.717) is 0 Å². The van der Waals surface area contributed by atoms with E-state index in [1.165, 1.54) is 0 Å². The van der Waals surface area contributed by atoms with Gasteiger partial charge in [0.05, 0.1) is 6.42 Å². The molecule has 0 heterocycles. The first kappa shape index (κ1) is 13.2. The molecule has 2 amide bonds. The van der Waals surface area contributed by atoms with Gasteiger partial charge in [0.25, 0.3) is 0 Å². The van der Waals surface area contributed by atoms with Gasteiger partial charge in [-0.2, -0.15) is 13.2 Å². The third kappa shape index (κ3) is 4.84. The molecule has 0 aromatic heterocycles. The van der Waals surface area contributed by atoms with Crippen molar-refractivity contribution in [2.24, 2.45) is 5.73 Å². The van der Waals surface area contributed by atoms with E-state index in [9.17, 15) is 27.6 Å². The van der Waals surface area contributed by atoms with Crippen molar-refractivity contribution >= 4 is 17.8 Å². The lowest BCUT2D eigenvalue weighted by Gasteiger charge is -2.13. The van der Waals surface area contributed by atoms with E-state index >= 15 is 0 Å². The van der Waals surface area contributed by atoms with Crippen LogP contribution < -0.4 is 11.1 Å². The van der Waals surface area contributed by atoms with Crippen LogP contribution in [0.4, 0.5) is 13.2 Å². The van der Waals surface area contributed by atoms with Crippen LogP contribution in [0.25, 0.3) is 0 Å². The van der Waals surface area contributed by atoms with Crippen molar-refractivity contribution in [1.82, 2.24) is 5.32 Å². The van der Waals surface area contributed by atoms with Gasteiger partial charge in [0, 0.05) is 0 Å². The SMILES string of the molecule is NC(=O)CC(NC(=O)C(F)(F)F)C(=O)O. The van der Waals surface area contributed by atoms with Gasteiger partial charge in [0.15, 0.2) is 0 Å². The fourth-order valence-electron chi connectivity index (χ4n) is 0.641. The Morgan fingerprint density at radius 2 is 1.80 bits per heavy atom. The maximum absolute atomic E-state index is 11.7. The summed E-state index contributed by atoms with van der Waals surface area (Å²) in [5.41, 5.74) is 4.58. The number of rotatable bonds is 4. The van der Waals surface area contributed by atoms with Crippen molar-refractivity contribution in [1.29, 1.82) is 0 Å². The third-order valence-electron chi connectivity index (χ3n) is 1.27. The van der Waals surface area contributed by atoms with Gasteiger partial charge in [-0.25, -0.2) is 4.79 Å². The van der Waals surface area contributed by atoms with E-state index in [1.54, 1.807) is 0 Å². The van der Waals surface area contributed by atoms with Crippen LogP contribution in [0.2, 0.25) is 0 Å². The van der Waals surface area contributed by atoms with Crippen molar-refractivity contribution in [3.8, 4) is 0 Å². The van der Waals surface area contributed by atoms with Crippen LogP contribution >= 0.6 is 0 Å². The molecule has 9 heteroatoms. The minimum absolute atomic E-state index is 0.906. The van der Waals surface area contributed by atoms with Crippen LogP contribution in [0, 0.1) is 0 Å². The Morgan fingerprint density at radius 3 is 2.07 bits per heavy atom. The van der Waals surface area contributed by atoms with Crippen LogP contribution in [-0.2, 0) is 14.4 Å². The van der Waals surface area contributed by atoms with Crippen LogP contribution in [0.3, 0.4) is 0 Å². The second kappa shape index (κ2) is 4.62. The lowest BCUT2D eigenvalue weighted by molar-refractivity contribution is -0.175. The number of nitrogens with one attached hydrogen (secondary N) is 1. The molecule has 1 atom stereocenters. The highest BCUT2D eigenvalue weighted by molar-refractivity contribution is 5.90. The zero-order valence-electron chi connectivity index (χ0n) is 7.17. The maximum atomic E-state index is 11.7. The maximum Gasteiger partial charge on any atom is 0.471 e. The molecule has 15 heavy (non-hydrogen) atoms. The van der Waals surface area contributed by atoms with Gasteiger partial charge < -0.3 is 16.2 Å². The fourth-order valence-corrected chi connectivity index (χ4v) is 0.641. The van der Waals surface area contributed by atoms with Gasteiger partial charge in [0.2, 0.25) is 5.91 Å². The first-order chi connectivity index (χ1) is 6.64. The summed E-state index contributed by atoms with van der Waals surface area (Å²) in [6.45, 7) is 0. The number of carbonyl (C=O) groups excluding carboxylic acids is 2. The highest BCUT2D eigenvalue weighted by Gasteiger charge is 2.41. The fraction of sp³-hybridized carbons (Fsp3) is 0.500. The molecule has 0 fully saturated rings. The van der Waals surface area contributed by atoms with Gasteiger partial charge in [0.1, 0.15) is 6.04 Å². The summed E-state index contributed by atoms with van der Waals surface area (Å²) in [7, 11) is 0. The Hall–Kier alpha value is -1.80. The predicted octanol–water partition coefficient (Wildman–Crippen LogP) is -1.01. The summed E-state index contributed by atoms with van der Waals surface area (Å²) in [6.07, 6.45) is -6.11. The molecule has 0 saturated carbocycles. The highest BCUT2D eigenvalue weighted by Crippen LogP contribution is 2.14. The summed E-state index contributed by atoms with van der Waals surface area (Å²) < 4.78 is 35.1. The minimum Gasteiger partial charge on any atom is -0.480 e. The summed E-state index contributed by atoms with van der Waals surface area (Å²) in [5.74, 6) is -5.34. The molecule has 0 aromatic rings. The monoisotopic (exact) mass is 228 g/mol. The molecule has 0 spiro atoms. The Morgan fingerprint density at radius 1 is 1.33 bits per heavy atom. The summed E-state index contributed by atoms with van der Waals surface area (Å²) in [6, 6.07) is -1.98. The van der Waals surface area contributed by atoms with Gasteiger partial charge in [-0.05, 0) is 0 Å².